The van der Waals surface area contributed by atoms with E-state index in [2.05, 4.69) is 0 Å². The number of phenols is 1. The molecular weight excluding hydrogens is 504 g/mol. The highest BCUT2D eigenvalue weighted by Gasteiger charge is 2.45. The first-order valence-electron chi connectivity index (χ1n) is 12.0. The first kappa shape index (κ1) is 27.8. The molecule has 206 valence electrons. The molecule has 0 spiro atoms. The standard InChI is InChI=1S/C26H30O12/c1-34-18-11-13(8-9-16(18)27)20(28)25(33)36-12-19-21(29)22(30)23(31)26(38-19)35-10-4-7-17-14-5-2-3-6-15(14)24(32)37-17/h2-3,5-6,8-9,11,17,19-23,26-31H,4,7,10,12H2,1H3. The van der Waals surface area contributed by atoms with Gasteiger partial charge in [0.1, 0.15) is 37.1 Å². The van der Waals surface area contributed by atoms with Gasteiger partial charge in [0, 0.05) is 5.56 Å². The van der Waals surface area contributed by atoms with E-state index in [1.54, 1.807) is 12.1 Å². The third kappa shape index (κ3) is 5.90. The van der Waals surface area contributed by atoms with Crippen LogP contribution in [0.25, 0.3) is 0 Å². The highest BCUT2D eigenvalue weighted by atomic mass is 16.7. The molecule has 5 N–H and O–H groups in total. The second-order valence-corrected chi connectivity index (χ2v) is 8.97. The van der Waals surface area contributed by atoms with Crippen LogP contribution < -0.4 is 4.74 Å². The summed E-state index contributed by atoms with van der Waals surface area (Å²) in [7, 11) is 1.31. The first-order valence-corrected chi connectivity index (χ1v) is 12.0. The molecule has 12 nitrogen and oxygen atoms in total. The van der Waals surface area contributed by atoms with Crippen LogP contribution in [0.4, 0.5) is 0 Å². The number of hydrogen-bond acceptors (Lipinski definition) is 12. The Morgan fingerprint density at radius 3 is 2.61 bits per heavy atom. The first-order chi connectivity index (χ1) is 18.2. The quantitative estimate of drug-likeness (QED) is 0.211. The Balaban J connectivity index is 1.27. The molecule has 4 rings (SSSR count). The van der Waals surface area contributed by atoms with Gasteiger partial charge in [-0.05, 0) is 36.6 Å². The third-order valence-electron chi connectivity index (χ3n) is 6.47. The lowest BCUT2D eigenvalue weighted by molar-refractivity contribution is -0.302. The average molecular weight is 535 g/mol. The highest BCUT2D eigenvalue weighted by molar-refractivity contribution is 5.93. The minimum absolute atomic E-state index is 0.0489. The van der Waals surface area contributed by atoms with Gasteiger partial charge in [0.05, 0.1) is 19.3 Å². The molecule has 0 aromatic heterocycles. The lowest BCUT2D eigenvalue weighted by atomic mass is 9.99. The smallest absolute Gasteiger partial charge is 0.339 e. The molecule has 7 atom stereocenters. The van der Waals surface area contributed by atoms with Gasteiger partial charge in [-0.1, -0.05) is 24.3 Å². The number of carbonyl (C=O) groups is 2. The number of aliphatic hydroxyl groups excluding tert-OH is 4. The number of esters is 2. The molecule has 1 saturated heterocycles. The van der Waals surface area contributed by atoms with Gasteiger partial charge < -0.3 is 49.2 Å². The van der Waals surface area contributed by atoms with E-state index in [9.17, 15) is 35.1 Å². The summed E-state index contributed by atoms with van der Waals surface area (Å²) in [6.45, 7) is -0.473. The predicted octanol–water partition coefficient (Wildman–Crippen LogP) is 0.493. The van der Waals surface area contributed by atoms with Gasteiger partial charge in [-0.3, -0.25) is 0 Å². The molecule has 0 aliphatic carbocycles. The summed E-state index contributed by atoms with van der Waals surface area (Å²) >= 11 is 0. The maximum atomic E-state index is 12.4. The monoisotopic (exact) mass is 534 g/mol. The molecule has 2 aliphatic heterocycles. The second kappa shape index (κ2) is 12.1. The fourth-order valence-electron chi connectivity index (χ4n) is 4.34. The summed E-state index contributed by atoms with van der Waals surface area (Å²) in [4.78, 5) is 24.3. The van der Waals surface area contributed by atoms with Crippen LogP contribution in [0.3, 0.4) is 0 Å². The van der Waals surface area contributed by atoms with Gasteiger partial charge in [0.25, 0.3) is 0 Å². The van der Waals surface area contributed by atoms with E-state index >= 15 is 0 Å². The molecule has 12 heteroatoms. The zero-order valence-electron chi connectivity index (χ0n) is 20.5. The van der Waals surface area contributed by atoms with Crippen molar-refractivity contribution in [1.82, 2.24) is 0 Å². The Hall–Kier alpha value is -3.26. The molecule has 0 radical (unpaired) electrons. The fourth-order valence-corrected chi connectivity index (χ4v) is 4.34. The number of carbonyl (C=O) groups excluding carboxylic acids is 2. The van der Waals surface area contributed by atoms with Crippen LogP contribution in [0.5, 0.6) is 11.5 Å². The van der Waals surface area contributed by atoms with Crippen LogP contribution in [0, 0.1) is 0 Å². The molecule has 0 amide bonds. The highest BCUT2D eigenvalue weighted by Crippen LogP contribution is 2.34. The number of phenolic OH excluding ortho intramolecular Hbond substituents is 1. The molecule has 7 unspecified atom stereocenters. The van der Waals surface area contributed by atoms with Crippen molar-refractivity contribution in [3.8, 4) is 11.5 Å². The van der Waals surface area contributed by atoms with E-state index in [-0.39, 0.29) is 29.6 Å². The molecule has 2 aromatic rings. The number of aromatic hydroxyl groups is 1. The Morgan fingerprint density at radius 2 is 1.84 bits per heavy atom. The third-order valence-corrected chi connectivity index (χ3v) is 6.47. The average Bonchev–Trinajstić information content (AvgIpc) is 3.25. The lowest BCUT2D eigenvalue weighted by Crippen LogP contribution is -2.59. The molecule has 2 heterocycles. The van der Waals surface area contributed by atoms with Crippen LogP contribution in [0.2, 0.25) is 0 Å². The molecule has 2 aliphatic rings. The molecule has 2 aromatic carbocycles. The fraction of sp³-hybridized carbons (Fsp3) is 0.462. The maximum Gasteiger partial charge on any atom is 0.339 e. The van der Waals surface area contributed by atoms with E-state index in [0.717, 1.165) is 5.56 Å². The Bertz CT molecular complexity index is 1140. The normalized spacial score (nSPS) is 27.3. The van der Waals surface area contributed by atoms with Gasteiger partial charge in [-0.25, -0.2) is 9.59 Å². The molecular formula is C26H30O12. The van der Waals surface area contributed by atoms with Gasteiger partial charge in [-0.15, -0.1) is 0 Å². The van der Waals surface area contributed by atoms with Crippen molar-refractivity contribution in [3.63, 3.8) is 0 Å². The molecule has 0 saturated carbocycles. The van der Waals surface area contributed by atoms with E-state index in [4.69, 9.17) is 23.7 Å². The second-order valence-electron chi connectivity index (χ2n) is 8.97. The van der Waals surface area contributed by atoms with E-state index in [0.29, 0.717) is 18.4 Å². The number of ether oxygens (including phenoxy) is 5. The summed E-state index contributed by atoms with van der Waals surface area (Å²) in [5.74, 6) is -1.59. The van der Waals surface area contributed by atoms with Gasteiger partial charge in [0.2, 0.25) is 0 Å². The summed E-state index contributed by atoms with van der Waals surface area (Å²) < 4.78 is 26.5. The molecule has 0 bridgehead atoms. The van der Waals surface area contributed by atoms with Crippen molar-refractivity contribution in [2.75, 3.05) is 20.3 Å². The Kier molecular flexibility index (Phi) is 8.82. The van der Waals surface area contributed by atoms with E-state index in [1.807, 2.05) is 12.1 Å². The topological polar surface area (TPSA) is 181 Å². The van der Waals surface area contributed by atoms with Gasteiger partial charge in [0.15, 0.2) is 23.9 Å². The summed E-state index contributed by atoms with van der Waals surface area (Å²) in [5.41, 5.74) is 1.41. The number of cyclic esters (lactones) is 1. The number of benzene rings is 2. The van der Waals surface area contributed by atoms with Crippen molar-refractivity contribution in [2.24, 2.45) is 0 Å². The van der Waals surface area contributed by atoms with Crippen molar-refractivity contribution in [1.29, 1.82) is 0 Å². The number of rotatable bonds is 10. The zero-order chi connectivity index (χ0) is 27.4. The van der Waals surface area contributed by atoms with Gasteiger partial charge in [-0.2, -0.15) is 0 Å². The van der Waals surface area contributed by atoms with Crippen LogP contribution in [-0.4, -0.2) is 88.5 Å². The number of hydrogen-bond donors (Lipinski definition) is 5. The number of methoxy groups -OCH3 is 1. The molecule has 1 fully saturated rings. The number of aliphatic hydroxyl groups is 4. The van der Waals surface area contributed by atoms with Crippen LogP contribution >= 0.6 is 0 Å². The zero-order valence-corrected chi connectivity index (χ0v) is 20.5. The van der Waals surface area contributed by atoms with Crippen molar-refractivity contribution < 1.29 is 58.8 Å². The van der Waals surface area contributed by atoms with Crippen LogP contribution in [0.15, 0.2) is 42.5 Å². The van der Waals surface area contributed by atoms with Crippen molar-refractivity contribution >= 4 is 11.9 Å². The largest absolute Gasteiger partial charge is 0.504 e. The minimum atomic E-state index is -1.72. The van der Waals surface area contributed by atoms with E-state index < -0.39 is 55.5 Å². The maximum absolute atomic E-state index is 12.4. The SMILES string of the molecule is COc1cc(C(O)C(=O)OCC2OC(OCCCC3OC(=O)c4ccccc43)C(O)C(O)C2O)ccc1O. The number of fused-ring (bicyclic) bond motifs is 1. The Morgan fingerprint density at radius 1 is 1.08 bits per heavy atom. The summed E-state index contributed by atoms with van der Waals surface area (Å²) in [5, 5.41) is 50.8. The predicted molar refractivity (Wildman–Crippen MR) is 127 cm³/mol. The minimum Gasteiger partial charge on any atom is -0.504 e. The summed E-state index contributed by atoms with van der Waals surface area (Å²) in [6.07, 6.45) is -8.66. The Labute approximate surface area is 217 Å². The lowest BCUT2D eigenvalue weighted by Gasteiger charge is -2.40. The van der Waals surface area contributed by atoms with E-state index in [1.165, 1.54) is 25.3 Å². The van der Waals surface area contributed by atoms with Crippen molar-refractivity contribution in [2.45, 2.75) is 55.8 Å². The van der Waals surface area contributed by atoms with Gasteiger partial charge >= 0.3 is 11.9 Å². The molecule has 38 heavy (non-hydrogen) atoms. The van der Waals surface area contributed by atoms with Crippen LogP contribution in [0.1, 0.15) is 46.5 Å². The van der Waals surface area contributed by atoms with Crippen molar-refractivity contribution in [3.05, 3.63) is 59.2 Å². The summed E-state index contributed by atoms with van der Waals surface area (Å²) in [6, 6.07) is 10.9. The van der Waals surface area contributed by atoms with Crippen LogP contribution in [-0.2, 0) is 23.7 Å².